The summed E-state index contributed by atoms with van der Waals surface area (Å²) < 4.78 is 6.49. The molecule has 1 N–H and O–H groups in total. The number of pyridine rings is 1. The summed E-state index contributed by atoms with van der Waals surface area (Å²) in [5, 5.41) is 7.94. The first kappa shape index (κ1) is 18.4. The summed E-state index contributed by atoms with van der Waals surface area (Å²) in [5.41, 5.74) is 2.46. The third-order valence-corrected chi connectivity index (χ3v) is 4.15. The minimum Gasteiger partial charge on any atom is -0.452 e. The molecule has 0 saturated heterocycles. The summed E-state index contributed by atoms with van der Waals surface area (Å²) in [6.07, 6.45) is 2.78. The van der Waals surface area contributed by atoms with Crippen molar-refractivity contribution in [2.75, 3.05) is 24.4 Å². The third-order valence-electron chi connectivity index (χ3n) is 4.15. The number of benzene rings is 1. The Bertz CT molecular complexity index is 979. The molecule has 2 aromatic heterocycles. The number of rotatable bonds is 4. The maximum atomic E-state index is 12.5. The van der Waals surface area contributed by atoms with Gasteiger partial charge in [-0.05, 0) is 44.2 Å². The quantitative estimate of drug-likeness (QED) is 0.763. The number of aromatic nitrogens is 3. The largest absolute Gasteiger partial charge is 0.452 e. The zero-order valence-electron chi connectivity index (χ0n) is 15.6. The number of carbonyl (C=O) groups excluding carboxylic acids is 2. The van der Waals surface area contributed by atoms with Crippen LogP contribution >= 0.6 is 0 Å². The molecule has 27 heavy (non-hydrogen) atoms. The number of amides is 2. The molecule has 0 fully saturated rings. The molecule has 0 aliphatic carbocycles. The second-order valence-electron chi connectivity index (χ2n) is 6.35. The number of nitrogens with zero attached hydrogens (tertiary/aromatic N) is 4. The number of carbonyl (C=O) groups is 2. The molecular weight excluding hydrogens is 346 g/mol. The maximum absolute atomic E-state index is 12.5. The molecule has 0 radical (unpaired) electrons. The van der Waals surface area contributed by atoms with Gasteiger partial charge in [-0.15, -0.1) is 0 Å². The van der Waals surface area contributed by atoms with E-state index < -0.39 is 6.09 Å². The first-order chi connectivity index (χ1) is 12.9. The number of nitrogens with one attached hydrogen (secondary N) is 1. The fourth-order valence-electron chi connectivity index (χ4n) is 2.66. The minimum absolute atomic E-state index is 0.191. The Morgan fingerprint density at radius 3 is 2.52 bits per heavy atom. The van der Waals surface area contributed by atoms with E-state index in [0.717, 1.165) is 11.0 Å². The number of ether oxygens (including phenoxy) is 1. The van der Waals surface area contributed by atoms with Crippen molar-refractivity contribution >= 4 is 34.4 Å². The highest BCUT2D eigenvalue weighted by Gasteiger charge is 2.13. The van der Waals surface area contributed by atoms with Crippen LogP contribution < -0.4 is 10.2 Å². The number of anilines is 2. The van der Waals surface area contributed by atoms with E-state index in [2.05, 4.69) is 20.1 Å². The highest BCUT2D eigenvalue weighted by Crippen LogP contribution is 2.20. The smallest absolute Gasteiger partial charge is 0.413 e. The molecule has 0 unspecified atom stereocenters. The number of hydrogen-bond donors (Lipinski definition) is 1. The molecule has 3 rings (SSSR count). The van der Waals surface area contributed by atoms with E-state index in [1.165, 1.54) is 18.2 Å². The first-order valence-electron chi connectivity index (χ1n) is 8.47. The van der Waals surface area contributed by atoms with Crippen LogP contribution in [0.15, 0.2) is 42.7 Å². The summed E-state index contributed by atoms with van der Waals surface area (Å²) in [6, 6.07) is 8.84. The molecule has 0 atom stereocenters. The molecule has 8 heteroatoms. The lowest BCUT2D eigenvalue weighted by Gasteiger charge is -2.16. The number of hydrogen-bond acceptors (Lipinski definition) is 5. The molecular formula is C19H21N5O3. The topological polar surface area (TPSA) is 89.3 Å². The molecule has 0 saturated carbocycles. The SMILES string of the molecule is COC(=O)N(C)c1ccc(NC(=O)c2cnc3c(cnn3C(C)C)c2)cc1. The zero-order valence-corrected chi connectivity index (χ0v) is 15.6. The van der Waals surface area contributed by atoms with Gasteiger partial charge in [-0.25, -0.2) is 14.5 Å². The molecule has 1 aromatic carbocycles. The Labute approximate surface area is 156 Å². The predicted molar refractivity (Wildman–Crippen MR) is 103 cm³/mol. The lowest BCUT2D eigenvalue weighted by Crippen LogP contribution is -2.25. The van der Waals surface area contributed by atoms with E-state index >= 15 is 0 Å². The molecule has 0 aliphatic rings. The first-order valence-corrected chi connectivity index (χ1v) is 8.47. The van der Waals surface area contributed by atoms with Crippen molar-refractivity contribution in [1.82, 2.24) is 14.8 Å². The zero-order chi connectivity index (χ0) is 19.6. The van der Waals surface area contributed by atoms with Crippen molar-refractivity contribution in [3.8, 4) is 0 Å². The van der Waals surface area contributed by atoms with Crippen LogP contribution in [-0.4, -0.2) is 40.9 Å². The second-order valence-corrected chi connectivity index (χ2v) is 6.35. The van der Waals surface area contributed by atoms with Gasteiger partial charge in [0.25, 0.3) is 5.91 Å². The molecule has 0 bridgehead atoms. The standard InChI is InChI=1S/C19H21N5O3/c1-12(2)24-17-13(11-21-24)9-14(10-20-17)18(25)22-15-5-7-16(8-6-15)23(3)19(26)27-4/h5-12H,1-4H3,(H,22,25). The van der Waals surface area contributed by atoms with E-state index in [9.17, 15) is 9.59 Å². The number of methoxy groups -OCH3 is 1. The Balaban J connectivity index is 1.75. The minimum atomic E-state index is -0.465. The van der Waals surface area contributed by atoms with Crippen molar-refractivity contribution in [3.63, 3.8) is 0 Å². The summed E-state index contributed by atoms with van der Waals surface area (Å²) in [4.78, 5) is 29.8. The van der Waals surface area contributed by atoms with Crippen LogP contribution in [0.1, 0.15) is 30.2 Å². The fourth-order valence-corrected chi connectivity index (χ4v) is 2.66. The average molecular weight is 367 g/mol. The Morgan fingerprint density at radius 1 is 1.19 bits per heavy atom. The van der Waals surface area contributed by atoms with Crippen LogP contribution in [0.2, 0.25) is 0 Å². The lowest BCUT2D eigenvalue weighted by molar-refractivity contribution is 0.102. The Hall–Kier alpha value is -3.42. The predicted octanol–water partition coefficient (Wildman–Crippen LogP) is 3.47. The van der Waals surface area contributed by atoms with Gasteiger partial charge >= 0.3 is 6.09 Å². The van der Waals surface area contributed by atoms with Crippen molar-refractivity contribution < 1.29 is 14.3 Å². The van der Waals surface area contributed by atoms with Gasteiger partial charge in [-0.2, -0.15) is 5.10 Å². The summed E-state index contributed by atoms with van der Waals surface area (Å²) in [7, 11) is 2.93. The molecule has 0 aliphatic heterocycles. The molecule has 8 nitrogen and oxygen atoms in total. The van der Waals surface area contributed by atoms with Gasteiger partial charge in [0.05, 0.1) is 18.9 Å². The van der Waals surface area contributed by atoms with Crippen LogP contribution in [-0.2, 0) is 4.74 Å². The van der Waals surface area contributed by atoms with Crippen LogP contribution in [0, 0.1) is 0 Å². The highest BCUT2D eigenvalue weighted by molar-refractivity contribution is 6.05. The van der Waals surface area contributed by atoms with Gasteiger partial charge in [-0.1, -0.05) is 0 Å². The normalized spacial score (nSPS) is 10.9. The summed E-state index contributed by atoms with van der Waals surface area (Å²) >= 11 is 0. The molecule has 3 aromatic rings. The lowest BCUT2D eigenvalue weighted by atomic mass is 10.2. The van der Waals surface area contributed by atoms with Gasteiger partial charge in [0, 0.05) is 36.0 Å². The van der Waals surface area contributed by atoms with Gasteiger partial charge < -0.3 is 10.1 Å². The maximum Gasteiger partial charge on any atom is 0.413 e. The Kier molecular flexibility index (Phi) is 5.07. The fraction of sp³-hybridized carbons (Fsp3) is 0.263. The molecule has 140 valence electrons. The van der Waals surface area contributed by atoms with E-state index in [1.54, 1.807) is 43.6 Å². The summed E-state index contributed by atoms with van der Waals surface area (Å²) in [6.45, 7) is 4.05. The van der Waals surface area contributed by atoms with Crippen LogP contribution in [0.5, 0.6) is 0 Å². The van der Waals surface area contributed by atoms with Gasteiger partial charge in [0.15, 0.2) is 5.65 Å². The van der Waals surface area contributed by atoms with E-state index in [-0.39, 0.29) is 11.9 Å². The average Bonchev–Trinajstić information content (AvgIpc) is 3.10. The monoisotopic (exact) mass is 367 g/mol. The van der Waals surface area contributed by atoms with Gasteiger partial charge in [0.1, 0.15) is 0 Å². The Morgan fingerprint density at radius 2 is 1.89 bits per heavy atom. The molecule has 0 spiro atoms. The van der Waals surface area contributed by atoms with Crippen molar-refractivity contribution in [3.05, 3.63) is 48.3 Å². The highest BCUT2D eigenvalue weighted by atomic mass is 16.5. The van der Waals surface area contributed by atoms with Crippen molar-refractivity contribution in [1.29, 1.82) is 0 Å². The van der Waals surface area contributed by atoms with Crippen molar-refractivity contribution in [2.45, 2.75) is 19.9 Å². The van der Waals surface area contributed by atoms with E-state index in [1.807, 2.05) is 18.5 Å². The van der Waals surface area contributed by atoms with E-state index in [0.29, 0.717) is 16.9 Å². The van der Waals surface area contributed by atoms with E-state index in [4.69, 9.17) is 0 Å². The molecule has 2 amide bonds. The second kappa shape index (κ2) is 7.45. The summed E-state index contributed by atoms with van der Waals surface area (Å²) in [5.74, 6) is -0.268. The van der Waals surface area contributed by atoms with Crippen LogP contribution in [0.25, 0.3) is 11.0 Å². The van der Waals surface area contributed by atoms with Crippen molar-refractivity contribution in [2.24, 2.45) is 0 Å². The third kappa shape index (κ3) is 3.74. The van der Waals surface area contributed by atoms with Gasteiger partial charge in [-0.3, -0.25) is 9.69 Å². The van der Waals surface area contributed by atoms with Crippen LogP contribution in [0.4, 0.5) is 16.2 Å². The van der Waals surface area contributed by atoms with Gasteiger partial charge in [0.2, 0.25) is 0 Å². The molecule has 2 heterocycles. The van der Waals surface area contributed by atoms with Crippen LogP contribution in [0.3, 0.4) is 0 Å². The number of fused-ring (bicyclic) bond motifs is 1.